The number of aryl methyl sites for hydroxylation is 1. The molecule has 0 aliphatic heterocycles. The number of aromatic nitrogens is 1. The first kappa shape index (κ1) is 12.8. The van der Waals surface area contributed by atoms with Gasteiger partial charge in [-0.3, -0.25) is 4.79 Å². The highest BCUT2D eigenvalue weighted by molar-refractivity contribution is 9.10. The van der Waals surface area contributed by atoms with Gasteiger partial charge >= 0.3 is 0 Å². The van der Waals surface area contributed by atoms with Crippen molar-refractivity contribution >= 4 is 44.0 Å². The largest absolute Gasteiger partial charge is 0.505 e. The van der Waals surface area contributed by atoms with Gasteiger partial charge in [-0.1, -0.05) is 17.4 Å². The smallest absolute Gasteiger partial charge is 0.267 e. The number of carbonyl (C=O) groups excluding carboxylic acids is 1. The van der Waals surface area contributed by atoms with E-state index in [2.05, 4.69) is 26.2 Å². The molecule has 1 aromatic heterocycles. The second-order valence-corrected chi connectivity index (χ2v) is 5.44. The summed E-state index contributed by atoms with van der Waals surface area (Å²) in [5.41, 5.74) is 6.44. The third-order valence-electron chi connectivity index (χ3n) is 2.25. The van der Waals surface area contributed by atoms with Crippen LogP contribution in [0, 0.1) is 6.92 Å². The average molecular weight is 328 g/mol. The fraction of sp³-hybridized carbons (Fsp3) is 0.0909. The second kappa shape index (κ2) is 4.95. The van der Waals surface area contributed by atoms with E-state index >= 15 is 0 Å². The van der Waals surface area contributed by atoms with Gasteiger partial charge < -0.3 is 16.2 Å². The molecule has 2 aromatic rings. The van der Waals surface area contributed by atoms with Crippen LogP contribution in [0.4, 0.5) is 10.8 Å². The highest BCUT2D eigenvalue weighted by atomic mass is 79.9. The van der Waals surface area contributed by atoms with Crippen molar-refractivity contribution in [3.8, 4) is 5.75 Å². The molecule has 0 saturated heterocycles. The maximum absolute atomic E-state index is 12.0. The van der Waals surface area contributed by atoms with Gasteiger partial charge in [-0.15, -0.1) is 0 Å². The van der Waals surface area contributed by atoms with Crippen LogP contribution in [0.3, 0.4) is 0 Å². The number of para-hydroxylation sites is 1. The maximum atomic E-state index is 12.0. The molecule has 94 valence electrons. The van der Waals surface area contributed by atoms with Crippen LogP contribution in [0.2, 0.25) is 0 Å². The van der Waals surface area contributed by atoms with Crippen molar-refractivity contribution < 1.29 is 9.90 Å². The minimum absolute atomic E-state index is 0.0130. The molecule has 18 heavy (non-hydrogen) atoms. The molecule has 5 nitrogen and oxygen atoms in total. The molecule has 1 heterocycles. The number of hydrogen-bond donors (Lipinski definition) is 3. The van der Waals surface area contributed by atoms with Gasteiger partial charge in [-0.25, -0.2) is 4.98 Å². The van der Waals surface area contributed by atoms with Crippen molar-refractivity contribution in [2.45, 2.75) is 6.92 Å². The van der Waals surface area contributed by atoms with E-state index in [9.17, 15) is 9.90 Å². The van der Waals surface area contributed by atoms with E-state index in [4.69, 9.17) is 5.73 Å². The highest BCUT2D eigenvalue weighted by Crippen LogP contribution is 2.32. The van der Waals surface area contributed by atoms with Crippen molar-refractivity contribution in [1.29, 1.82) is 0 Å². The van der Waals surface area contributed by atoms with Crippen molar-refractivity contribution in [3.05, 3.63) is 33.2 Å². The zero-order valence-corrected chi connectivity index (χ0v) is 11.8. The number of carbonyl (C=O) groups is 1. The Morgan fingerprint density at radius 2 is 2.28 bits per heavy atom. The molecule has 2 rings (SSSR count). The van der Waals surface area contributed by atoms with Crippen LogP contribution in [0.25, 0.3) is 0 Å². The number of rotatable bonds is 2. The van der Waals surface area contributed by atoms with E-state index < -0.39 is 0 Å². The zero-order chi connectivity index (χ0) is 13.3. The summed E-state index contributed by atoms with van der Waals surface area (Å²) in [7, 11) is 0. The van der Waals surface area contributed by atoms with Crippen LogP contribution in [-0.4, -0.2) is 16.0 Å². The van der Waals surface area contributed by atoms with Crippen LogP contribution in [-0.2, 0) is 0 Å². The third-order valence-corrected chi connectivity index (χ3v) is 3.88. The Morgan fingerprint density at radius 3 is 2.89 bits per heavy atom. The Morgan fingerprint density at radius 1 is 1.56 bits per heavy atom. The number of nitrogens with one attached hydrogen (secondary N) is 1. The lowest BCUT2D eigenvalue weighted by Gasteiger charge is -2.07. The van der Waals surface area contributed by atoms with Crippen LogP contribution in [0.1, 0.15) is 15.4 Å². The topological polar surface area (TPSA) is 88.2 Å². The quantitative estimate of drug-likeness (QED) is 0.740. The molecule has 7 heteroatoms. The number of thiazole rings is 1. The SMILES string of the molecule is Cc1nc(N)sc1C(=O)Nc1cccc(Br)c1O. The number of benzene rings is 1. The molecular formula is C11H10BrN3O2S. The lowest BCUT2D eigenvalue weighted by molar-refractivity contribution is 0.102. The van der Waals surface area contributed by atoms with Gasteiger partial charge in [0.2, 0.25) is 0 Å². The number of phenolic OH excluding ortho intramolecular Hbond substituents is 1. The van der Waals surface area contributed by atoms with E-state index in [0.717, 1.165) is 11.3 Å². The third kappa shape index (κ3) is 2.46. The van der Waals surface area contributed by atoms with Gasteiger partial charge in [0.05, 0.1) is 15.9 Å². The van der Waals surface area contributed by atoms with Gasteiger partial charge in [0, 0.05) is 0 Å². The maximum Gasteiger partial charge on any atom is 0.267 e. The monoisotopic (exact) mass is 327 g/mol. The van der Waals surface area contributed by atoms with E-state index in [1.54, 1.807) is 25.1 Å². The molecular weight excluding hydrogens is 318 g/mol. The number of halogens is 1. The van der Waals surface area contributed by atoms with Crippen LogP contribution in [0.5, 0.6) is 5.75 Å². The summed E-state index contributed by atoms with van der Waals surface area (Å²) in [6.45, 7) is 1.71. The van der Waals surface area contributed by atoms with E-state index in [-0.39, 0.29) is 11.7 Å². The summed E-state index contributed by atoms with van der Waals surface area (Å²) >= 11 is 4.29. The lowest BCUT2D eigenvalue weighted by atomic mass is 10.3. The number of nitrogen functional groups attached to an aromatic ring is 1. The summed E-state index contributed by atoms with van der Waals surface area (Å²) < 4.78 is 0.515. The van der Waals surface area contributed by atoms with Crippen molar-refractivity contribution in [2.75, 3.05) is 11.1 Å². The molecule has 0 aliphatic carbocycles. The van der Waals surface area contributed by atoms with Crippen LogP contribution in [0.15, 0.2) is 22.7 Å². The summed E-state index contributed by atoms with van der Waals surface area (Å²) in [5.74, 6) is -0.351. The molecule has 0 bridgehead atoms. The lowest BCUT2D eigenvalue weighted by Crippen LogP contribution is -2.11. The Hall–Kier alpha value is -1.60. The van der Waals surface area contributed by atoms with Crippen molar-refractivity contribution in [1.82, 2.24) is 4.98 Å². The Bertz CT molecular complexity index is 612. The van der Waals surface area contributed by atoms with Gasteiger partial charge in [-0.2, -0.15) is 0 Å². The summed E-state index contributed by atoms with van der Waals surface area (Å²) in [6, 6.07) is 5.01. The number of nitrogens with zero attached hydrogens (tertiary/aromatic N) is 1. The van der Waals surface area contributed by atoms with Gasteiger partial charge in [0.1, 0.15) is 4.88 Å². The van der Waals surface area contributed by atoms with Crippen molar-refractivity contribution in [3.63, 3.8) is 0 Å². The van der Waals surface area contributed by atoms with Crippen molar-refractivity contribution in [2.24, 2.45) is 0 Å². The molecule has 0 atom stereocenters. The number of phenols is 1. The number of amides is 1. The molecule has 0 aliphatic rings. The van der Waals surface area contributed by atoms with E-state index in [1.165, 1.54) is 0 Å². The summed E-state index contributed by atoms with van der Waals surface area (Å²) in [4.78, 5) is 16.4. The fourth-order valence-corrected chi connectivity index (χ4v) is 2.52. The molecule has 1 aromatic carbocycles. The molecule has 0 radical (unpaired) electrons. The van der Waals surface area contributed by atoms with Gasteiger partial charge in [0.15, 0.2) is 10.9 Å². The summed E-state index contributed by atoms with van der Waals surface area (Å²) in [5, 5.41) is 12.7. The number of nitrogens with two attached hydrogens (primary N) is 1. The minimum atomic E-state index is -0.338. The molecule has 4 N–H and O–H groups in total. The second-order valence-electron chi connectivity index (χ2n) is 3.56. The fourth-order valence-electron chi connectivity index (χ4n) is 1.42. The highest BCUT2D eigenvalue weighted by Gasteiger charge is 2.16. The standard InChI is InChI=1S/C11H10BrN3O2S/c1-5-9(18-11(13)14-5)10(17)15-7-4-2-3-6(12)8(7)16/h2-4,16H,1H3,(H2,13,14)(H,15,17). The molecule has 0 spiro atoms. The molecule has 0 unspecified atom stereocenters. The molecule has 0 saturated carbocycles. The first-order valence-corrected chi connectivity index (χ1v) is 6.61. The van der Waals surface area contributed by atoms with Gasteiger partial charge in [0.25, 0.3) is 5.91 Å². The first-order chi connectivity index (χ1) is 8.49. The predicted molar refractivity (Wildman–Crippen MR) is 75.0 cm³/mol. The Kier molecular flexibility index (Phi) is 3.53. The predicted octanol–water partition coefficient (Wildman–Crippen LogP) is 2.75. The van der Waals surface area contributed by atoms with E-state index in [0.29, 0.717) is 25.9 Å². The van der Waals surface area contributed by atoms with Gasteiger partial charge in [-0.05, 0) is 35.0 Å². The first-order valence-electron chi connectivity index (χ1n) is 5.00. The number of aromatic hydroxyl groups is 1. The number of anilines is 2. The molecule has 0 fully saturated rings. The zero-order valence-electron chi connectivity index (χ0n) is 9.40. The Balaban J connectivity index is 2.27. The van der Waals surface area contributed by atoms with Crippen LogP contribution < -0.4 is 11.1 Å². The Labute approximate surface area is 116 Å². The average Bonchev–Trinajstić information content (AvgIpc) is 2.64. The van der Waals surface area contributed by atoms with E-state index in [1.807, 2.05) is 0 Å². The minimum Gasteiger partial charge on any atom is -0.505 e. The molecule has 1 amide bonds. The van der Waals surface area contributed by atoms with Crippen LogP contribution >= 0.6 is 27.3 Å². The summed E-state index contributed by atoms with van der Waals surface area (Å²) in [6.07, 6.45) is 0. The normalized spacial score (nSPS) is 10.3. The number of hydrogen-bond acceptors (Lipinski definition) is 5.